The SMILES string of the molecule is CC1=C(C(=O)NCC(=O)N2CCC[C@H]2C(=O)N[C@@H]2COC(=O)C2)C=CCC1. The van der Waals surface area contributed by atoms with E-state index in [2.05, 4.69) is 10.6 Å². The van der Waals surface area contributed by atoms with E-state index in [1.807, 2.05) is 13.0 Å². The average molecular weight is 375 g/mol. The monoisotopic (exact) mass is 375 g/mol. The lowest BCUT2D eigenvalue weighted by Gasteiger charge is -2.25. The number of hydrogen-bond donors (Lipinski definition) is 2. The number of cyclic esters (lactones) is 1. The topological polar surface area (TPSA) is 105 Å². The number of esters is 1. The van der Waals surface area contributed by atoms with E-state index in [4.69, 9.17) is 4.74 Å². The highest BCUT2D eigenvalue weighted by atomic mass is 16.5. The van der Waals surface area contributed by atoms with Crippen LogP contribution in [0, 0.1) is 0 Å². The first-order chi connectivity index (χ1) is 13.0. The van der Waals surface area contributed by atoms with Crippen molar-refractivity contribution in [3.63, 3.8) is 0 Å². The van der Waals surface area contributed by atoms with E-state index in [1.54, 1.807) is 6.08 Å². The van der Waals surface area contributed by atoms with Crippen molar-refractivity contribution in [1.82, 2.24) is 15.5 Å². The molecule has 1 aliphatic carbocycles. The predicted molar refractivity (Wildman–Crippen MR) is 96.3 cm³/mol. The summed E-state index contributed by atoms with van der Waals surface area (Å²) in [4.78, 5) is 49.9. The maximum Gasteiger partial charge on any atom is 0.308 e. The van der Waals surface area contributed by atoms with Crippen LogP contribution in [0.3, 0.4) is 0 Å². The lowest BCUT2D eigenvalue weighted by molar-refractivity contribution is -0.138. The fourth-order valence-electron chi connectivity index (χ4n) is 3.64. The molecule has 0 radical (unpaired) electrons. The van der Waals surface area contributed by atoms with E-state index in [0.29, 0.717) is 18.5 Å². The summed E-state index contributed by atoms with van der Waals surface area (Å²) in [5.41, 5.74) is 1.62. The fraction of sp³-hybridized carbons (Fsp3) is 0.579. The first-order valence-electron chi connectivity index (χ1n) is 9.35. The smallest absolute Gasteiger partial charge is 0.308 e. The minimum Gasteiger partial charge on any atom is -0.463 e. The van der Waals surface area contributed by atoms with Crippen molar-refractivity contribution in [2.24, 2.45) is 0 Å². The van der Waals surface area contributed by atoms with E-state index in [1.165, 1.54) is 4.90 Å². The number of amides is 3. The van der Waals surface area contributed by atoms with Crippen molar-refractivity contribution in [2.75, 3.05) is 19.7 Å². The number of carbonyl (C=O) groups is 4. The van der Waals surface area contributed by atoms with Gasteiger partial charge in [-0.25, -0.2) is 0 Å². The van der Waals surface area contributed by atoms with Gasteiger partial charge in [0.15, 0.2) is 0 Å². The number of ether oxygens (including phenoxy) is 1. The number of carbonyl (C=O) groups excluding carboxylic acids is 4. The van der Waals surface area contributed by atoms with Crippen molar-refractivity contribution >= 4 is 23.7 Å². The molecular formula is C19H25N3O5. The van der Waals surface area contributed by atoms with Gasteiger partial charge in [0.05, 0.1) is 19.0 Å². The number of likely N-dealkylation sites (tertiary alicyclic amines) is 1. The van der Waals surface area contributed by atoms with Gasteiger partial charge in [0, 0.05) is 12.1 Å². The zero-order valence-electron chi connectivity index (χ0n) is 15.5. The molecule has 2 atom stereocenters. The van der Waals surface area contributed by atoms with Crippen LogP contribution in [0.15, 0.2) is 23.3 Å². The van der Waals surface area contributed by atoms with Crippen molar-refractivity contribution in [3.8, 4) is 0 Å². The Bertz CT molecular complexity index is 712. The first kappa shape index (κ1) is 19.1. The molecule has 3 amide bonds. The van der Waals surface area contributed by atoms with Crippen LogP contribution < -0.4 is 10.6 Å². The second-order valence-electron chi connectivity index (χ2n) is 7.16. The lowest BCUT2D eigenvalue weighted by atomic mass is 9.98. The van der Waals surface area contributed by atoms with Crippen LogP contribution in [0.5, 0.6) is 0 Å². The Morgan fingerprint density at radius 3 is 2.85 bits per heavy atom. The number of hydrogen-bond acceptors (Lipinski definition) is 5. The van der Waals surface area contributed by atoms with Gasteiger partial charge in [-0.3, -0.25) is 19.2 Å². The zero-order chi connectivity index (χ0) is 19.4. The van der Waals surface area contributed by atoms with Gasteiger partial charge in [-0.05, 0) is 32.6 Å². The van der Waals surface area contributed by atoms with Crippen molar-refractivity contribution < 1.29 is 23.9 Å². The van der Waals surface area contributed by atoms with Crippen molar-refractivity contribution in [2.45, 2.75) is 51.1 Å². The Labute approximate surface area is 158 Å². The molecule has 2 N–H and O–H groups in total. The molecule has 2 saturated heterocycles. The molecular weight excluding hydrogens is 350 g/mol. The molecule has 8 heteroatoms. The van der Waals surface area contributed by atoms with E-state index < -0.39 is 6.04 Å². The van der Waals surface area contributed by atoms with Gasteiger partial charge < -0.3 is 20.3 Å². The fourth-order valence-corrected chi connectivity index (χ4v) is 3.64. The van der Waals surface area contributed by atoms with Crippen LogP contribution in [0.25, 0.3) is 0 Å². The van der Waals surface area contributed by atoms with Crippen molar-refractivity contribution in [3.05, 3.63) is 23.3 Å². The maximum absolute atomic E-state index is 12.5. The minimum absolute atomic E-state index is 0.141. The third kappa shape index (κ3) is 4.56. The van der Waals surface area contributed by atoms with Gasteiger partial charge >= 0.3 is 5.97 Å². The van der Waals surface area contributed by atoms with Gasteiger partial charge in [-0.1, -0.05) is 17.7 Å². The summed E-state index contributed by atoms with van der Waals surface area (Å²) in [5, 5.41) is 5.44. The summed E-state index contributed by atoms with van der Waals surface area (Å²) in [6.07, 6.45) is 6.95. The average Bonchev–Trinajstić information content (AvgIpc) is 3.29. The molecule has 2 fully saturated rings. The number of rotatable bonds is 5. The Hall–Kier alpha value is -2.64. The molecule has 0 aromatic rings. The molecule has 0 unspecified atom stereocenters. The maximum atomic E-state index is 12.5. The van der Waals surface area contributed by atoms with Gasteiger partial charge in [0.25, 0.3) is 5.91 Å². The van der Waals surface area contributed by atoms with Crippen LogP contribution in [0.1, 0.15) is 39.0 Å². The van der Waals surface area contributed by atoms with E-state index >= 15 is 0 Å². The second-order valence-corrected chi connectivity index (χ2v) is 7.16. The largest absolute Gasteiger partial charge is 0.463 e. The molecule has 2 heterocycles. The Kier molecular flexibility index (Phi) is 5.93. The standard InChI is InChI=1S/C19H25N3O5/c1-12-5-2-3-6-14(12)18(25)20-10-16(23)22-8-4-7-15(22)19(26)21-13-9-17(24)27-11-13/h3,6,13,15H,2,4-5,7-11H2,1H3,(H,20,25)(H,21,26)/t13-,15-/m0/s1. The van der Waals surface area contributed by atoms with E-state index in [9.17, 15) is 19.2 Å². The lowest BCUT2D eigenvalue weighted by Crippen LogP contribution is -2.51. The van der Waals surface area contributed by atoms with Crippen LogP contribution in [-0.2, 0) is 23.9 Å². The summed E-state index contributed by atoms with van der Waals surface area (Å²) < 4.78 is 4.84. The molecule has 2 aliphatic heterocycles. The highest BCUT2D eigenvalue weighted by molar-refractivity contribution is 5.99. The molecule has 0 spiro atoms. The van der Waals surface area contributed by atoms with Crippen LogP contribution >= 0.6 is 0 Å². The third-order valence-electron chi connectivity index (χ3n) is 5.16. The molecule has 0 bridgehead atoms. The molecule has 0 saturated carbocycles. The highest BCUT2D eigenvalue weighted by Crippen LogP contribution is 2.20. The zero-order valence-corrected chi connectivity index (χ0v) is 15.5. The summed E-state index contributed by atoms with van der Waals surface area (Å²) in [7, 11) is 0. The van der Waals surface area contributed by atoms with Crippen LogP contribution in [0.4, 0.5) is 0 Å². The second kappa shape index (κ2) is 8.37. The minimum atomic E-state index is -0.569. The van der Waals surface area contributed by atoms with E-state index in [0.717, 1.165) is 24.8 Å². The van der Waals surface area contributed by atoms with Gasteiger partial charge in [0.1, 0.15) is 12.6 Å². The number of nitrogens with one attached hydrogen (secondary N) is 2. The predicted octanol–water partition coefficient (Wildman–Crippen LogP) is 0.192. The summed E-state index contributed by atoms with van der Waals surface area (Å²) in [5.74, 6) is -1.15. The molecule has 3 rings (SSSR count). The summed E-state index contributed by atoms with van der Waals surface area (Å²) in [6.45, 7) is 2.43. The molecule has 146 valence electrons. The summed E-state index contributed by atoms with van der Waals surface area (Å²) in [6, 6.07) is -0.907. The van der Waals surface area contributed by atoms with Gasteiger partial charge in [-0.15, -0.1) is 0 Å². The third-order valence-corrected chi connectivity index (χ3v) is 5.16. The molecule has 8 nitrogen and oxygen atoms in total. The van der Waals surface area contributed by atoms with Crippen LogP contribution in [0.2, 0.25) is 0 Å². The molecule has 27 heavy (non-hydrogen) atoms. The molecule has 0 aromatic carbocycles. The number of allylic oxidation sites excluding steroid dienone is 2. The molecule has 0 aromatic heterocycles. The number of nitrogens with zero attached hydrogens (tertiary/aromatic N) is 1. The Morgan fingerprint density at radius 1 is 1.33 bits per heavy atom. The van der Waals surface area contributed by atoms with E-state index in [-0.39, 0.29) is 49.3 Å². The normalized spacial score (nSPS) is 24.8. The van der Waals surface area contributed by atoms with Gasteiger partial charge in [0.2, 0.25) is 11.8 Å². The quantitative estimate of drug-likeness (QED) is 0.668. The highest BCUT2D eigenvalue weighted by Gasteiger charge is 2.36. The first-order valence-corrected chi connectivity index (χ1v) is 9.35. The summed E-state index contributed by atoms with van der Waals surface area (Å²) >= 11 is 0. The Morgan fingerprint density at radius 2 is 2.15 bits per heavy atom. The molecule has 3 aliphatic rings. The van der Waals surface area contributed by atoms with Crippen molar-refractivity contribution in [1.29, 1.82) is 0 Å². The van der Waals surface area contributed by atoms with Gasteiger partial charge in [-0.2, -0.15) is 0 Å². The Balaban J connectivity index is 1.52. The van der Waals surface area contributed by atoms with Crippen LogP contribution in [-0.4, -0.2) is 60.4 Å².